The van der Waals surface area contributed by atoms with Crippen LogP contribution in [-0.2, 0) is 5.41 Å². The zero-order valence-electron chi connectivity index (χ0n) is 66.0. The van der Waals surface area contributed by atoms with E-state index in [1.165, 1.54) is 217 Å². The van der Waals surface area contributed by atoms with E-state index in [1.807, 2.05) is 22.7 Å². The highest BCUT2D eigenvalue weighted by molar-refractivity contribution is 7.26. The fourth-order valence-corrected chi connectivity index (χ4v) is 23.1. The zero-order chi connectivity index (χ0) is 79.8. The number of anilines is 3. The highest BCUT2D eigenvalue weighted by Crippen LogP contribution is 2.65. The van der Waals surface area contributed by atoms with Gasteiger partial charge in [0.2, 0.25) is 0 Å². The molecular weight excluding hydrogens is 1520 g/mol. The molecular formula is C115H71N5S2. The maximum Gasteiger partial charge on any atom is 0.0755 e. The quantitative estimate of drug-likeness (QED) is 0.149. The van der Waals surface area contributed by atoms with Crippen molar-refractivity contribution in [3.8, 4) is 67.3 Å². The van der Waals surface area contributed by atoms with E-state index in [1.54, 1.807) is 0 Å². The predicted octanol–water partition coefficient (Wildman–Crippen LogP) is 31.6. The summed E-state index contributed by atoms with van der Waals surface area (Å²) in [7, 11) is 0. The molecule has 0 unspecified atom stereocenters. The Kier molecular flexibility index (Phi) is 15.1. The van der Waals surface area contributed by atoms with Crippen molar-refractivity contribution in [1.82, 2.24) is 18.3 Å². The number of nitrogens with zero attached hydrogens (tertiary/aromatic N) is 5. The average molecular weight is 1590 g/mol. The average Bonchev–Trinajstić information content (AvgIpc) is 1.48. The minimum Gasteiger partial charge on any atom is -0.310 e. The summed E-state index contributed by atoms with van der Waals surface area (Å²) < 4.78 is 15.1. The van der Waals surface area contributed by atoms with Gasteiger partial charge in [-0.05, 0) is 231 Å². The highest BCUT2D eigenvalue weighted by atomic mass is 32.1. The number of hydrogen-bond donors (Lipinski definition) is 0. The lowest BCUT2D eigenvalue weighted by atomic mass is 9.64. The molecule has 0 amide bonds. The molecule has 7 heteroatoms. The third kappa shape index (κ3) is 10.2. The van der Waals surface area contributed by atoms with Crippen LogP contribution < -0.4 is 4.90 Å². The van der Waals surface area contributed by atoms with Gasteiger partial charge in [0.05, 0.1) is 60.9 Å². The van der Waals surface area contributed by atoms with Gasteiger partial charge in [0, 0.05) is 112 Å². The van der Waals surface area contributed by atoms with E-state index < -0.39 is 5.41 Å². The fourth-order valence-electron chi connectivity index (χ4n) is 20.9. The zero-order valence-corrected chi connectivity index (χ0v) is 67.7. The molecule has 6 aromatic heterocycles. The van der Waals surface area contributed by atoms with Crippen molar-refractivity contribution in [2.75, 3.05) is 4.90 Å². The molecule has 0 saturated carbocycles. The van der Waals surface area contributed by atoms with Gasteiger partial charge in [0.25, 0.3) is 0 Å². The van der Waals surface area contributed by atoms with Gasteiger partial charge in [-0.2, -0.15) is 0 Å². The first-order chi connectivity index (χ1) is 60.5. The molecule has 0 atom stereocenters. The molecule has 122 heavy (non-hydrogen) atoms. The van der Waals surface area contributed by atoms with Crippen LogP contribution in [0.5, 0.6) is 0 Å². The first kappa shape index (κ1) is 68.7. The third-order valence-electron chi connectivity index (χ3n) is 26.2. The second-order valence-corrected chi connectivity index (χ2v) is 34.7. The summed E-state index contributed by atoms with van der Waals surface area (Å²) in [4.78, 5) is 2.47. The summed E-state index contributed by atoms with van der Waals surface area (Å²) >= 11 is 3.77. The molecule has 1 spiro atoms. The molecule has 2 aliphatic rings. The second kappa shape index (κ2) is 26.8. The minimum atomic E-state index is -0.666. The summed E-state index contributed by atoms with van der Waals surface area (Å²) in [5.41, 5.74) is 32.2. The van der Waals surface area contributed by atoms with Gasteiger partial charge in [-0.25, -0.2) is 0 Å². The van der Waals surface area contributed by atoms with Crippen LogP contribution in [0.25, 0.3) is 195 Å². The Balaban J connectivity index is 0.000000137. The fraction of sp³-hybridized carbons (Fsp3) is 0.00870. The van der Waals surface area contributed by atoms with Crippen molar-refractivity contribution in [2.24, 2.45) is 0 Å². The summed E-state index contributed by atoms with van der Waals surface area (Å²) in [5.74, 6) is 0. The Morgan fingerprint density at radius 2 is 0.492 bits per heavy atom. The van der Waals surface area contributed by atoms with Crippen molar-refractivity contribution in [3.63, 3.8) is 0 Å². The first-order valence-electron chi connectivity index (χ1n) is 41.9. The maximum atomic E-state index is 2.56. The number of aromatic nitrogens is 4. The van der Waals surface area contributed by atoms with Gasteiger partial charge in [-0.15, -0.1) is 22.7 Å². The Labute approximate surface area is 710 Å². The Bertz CT molecular complexity index is 8560. The number of hydrogen-bond acceptors (Lipinski definition) is 3. The number of fused-ring (bicyclic) bond motifs is 27. The Hall–Kier alpha value is -15.4. The third-order valence-corrected chi connectivity index (χ3v) is 28.5. The SMILES string of the molecule is c1ccc(-c2ccc(-c3ccc(-n4c5ccccc5c5cc6c(cc54)C4(c5cc7c(cc5-6)c5ccccc5n7-c5ccccc5)c5ccccc5N(c5ccccc5)c5ccccc54)cc3)cc2)cc1.c1ccc(-c2ccc3c(c2)c2cc4c(cc2n3-c2ccc3sc5ccccc5c3c2)sc2cc3c(cc24)c2ccccc2n3-c2ccccc2)cc1. The van der Waals surface area contributed by atoms with Gasteiger partial charge in [0.1, 0.15) is 0 Å². The lowest BCUT2D eigenvalue weighted by molar-refractivity contribution is 0.754. The van der Waals surface area contributed by atoms with Crippen LogP contribution in [0.2, 0.25) is 0 Å². The molecule has 27 rings (SSSR count). The van der Waals surface area contributed by atoms with Crippen LogP contribution >= 0.6 is 22.7 Å². The molecule has 25 aromatic rings. The largest absolute Gasteiger partial charge is 0.310 e. The standard InChI is InChI=1S/C67H43N3.C48H28N2S2/c1-4-18-44(19-5-1)45-32-34-46(35-33-45)47-36-38-50(39-37-47)69-62-29-15-11-25-52(62)56-41-54-53-40-55-51-24-10-14-28-61(51)68(48-20-6-2-7-21-48)65(55)42-59(53)67(60(54)43-66(56)69)57-26-12-16-30-63(57)70(49-22-8-3-9-23-49)64-31-17-13-27-58(64)67;1-3-11-29(12-4-1)30-19-21-42-35(23-30)37-26-40-39-25-36-33-15-7-9-17-41(33)49(31-13-5-2-6-14-31)43(36)27-47(39)52-48(40)28-44(37)50(42)32-20-22-46-38(24-32)34-16-8-10-18-45(34)51-46/h1-43H;1-28H. The highest BCUT2D eigenvalue weighted by Gasteiger charge is 2.53. The molecule has 568 valence electrons. The van der Waals surface area contributed by atoms with E-state index >= 15 is 0 Å². The van der Waals surface area contributed by atoms with E-state index in [2.05, 4.69) is 454 Å². The monoisotopic (exact) mass is 1590 g/mol. The normalized spacial score (nSPS) is 12.8. The summed E-state index contributed by atoms with van der Waals surface area (Å²) in [6, 6.07) is 160. The lowest BCUT2D eigenvalue weighted by Gasteiger charge is -2.45. The molecule has 0 radical (unpaired) electrons. The lowest BCUT2D eigenvalue weighted by Crippen LogP contribution is -2.36. The first-order valence-corrected chi connectivity index (χ1v) is 43.6. The second-order valence-electron chi connectivity index (χ2n) is 32.5. The van der Waals surface area contributed by atoms with Crippen LogP contribution in [-0.4, -0.2) is 18.3 Å². The molecule has 5 nitrogen and oxygen atoms in total. The minimum absolute atomic E-state index is 0.666. The molecule has 1 aliphatic carbocycles. The van der Waals surface area contributed by atoms with Gasteiger partial charge >= 0.3 is 0 Å². The van der Waals surface area contributed by atoms with Crippen molar-refractivity contribution < 1.29 is 0 Å². The van der Waals surface area contributed by atoms with Gasteiger partial charge in [-0.1, -0.05) is 267 Å². The van der Waals surface area contributed by atoms with E-state index in [9.17, 15) is 0 Å². The maximum absolute atomic E-state index is 2.56. The molecule has 0 N–H and O–H groups in total. The summed E-state index contributed by atoms with van der Waals surface area (Å²) in [5, 5.41) is 15.4. The van der Waals surface area contributed by atoms with Crippen molar-refractivity contribution in [2.45, 2.75) is 5.41 Å². The molecule has 1 aliphatic heterocycles. The van der Waals surface area contributed by atoms with Crippen LogP contribution in [0.4, 0.5) is 17.1 Å². The van der Waals surface area contributed by atoms with Crippen molar-refractivity contribution in [1.29, 1.82) is 0 Å². The number of thiophene rings is 2. The van der Waals surface area contributed by atoms with Gasteiger partial charge < -0.3 is 23.2 Å². The molecule has 7 heterocycles. The van der Waals surface area contributed by atoms with Crippen LogP contribution in [0.3, 0.4) is 0 Å². The van der Waals surface area contributed by atoms with E-state index in [4.69, 9.17) is 0 Å². The smallest absolute Gasteiger partial charge is 0.0755 e. The van der Waals surface area contributed by atoms with E-state index in [0.717, 1.165) is 17.1 Å². The van der Waals surface area contributed by atoms with E-state index in [-0.39, 0.29) is 0 Å². The summed E-state index contributed by atoms with van der Waals surface area (Å²) in [6.45, 7) is 0. The number of rotatable bonds is 8. The van der Waals surface area contributed by atoms with E-state index in [0.29, 0.717) is 0 Å². The topological polar surface area (TPSA) is 23.0 Å². The van der Waals surface area contributed by atoms with Crippen LogP contribution in [0.15, 0.2) is 431 Å². The number of benzene rings is 19. The molecule has 0 bridgehead atoms. The summed E-state index contributed by atoms with van der Waals surface area (Å²) in [6.07, 6.45) is 0. The Morgan fingerprint density at radius 1 is 0.164 bits per heavy atom. The molecule has 19 aromatic carbocycles. The number of para-hydroxylation sites is 8. The van der Waals surface area contributed by atoms with Crippen molar-refractivity contribution in [3.05, 3.63) is 453 Å². The molecule has 0 saturated heterocycles. The van der Waals surface area contributed by atoms with Crippen LogP contribution in [0.1, 0.15) is 22.3 Å². The van der Waals surface area contributed by atoms with Crippen molar-refractivity contribution >= 4 is 167 Å². The van der Waals surface area contributed by atoms with Gasteiger partial charge in [-0.3, -0.25) is 0 Å². The van der Waals surface area contributed by atoms with Crippen LogP contribution in [0, 0.1) is 0 Å². The Morgan fingerprint density at radius 3 is 1.01 bits per heavy atom. The van der Waals surface area contributed by atoms with Gasteiger partial charge in [0.15, 0.2) is 0 Å². The molecule has 0 fully saturated rings. The predicted molar refractivity (Wildman–Crippen MR) is 518 cm³/mol.